The van der Waals surface area contributed by atoms with Crippen LogP contribution in [0.25, 0.3) is 5.76 Å². The van der Waals surface area contributed by atoms with Crippen LogP contribution in [0.4, 0.5) is 0 Å². The summed E-state index contributed by atoms with van der Waals surface area (Å²) in [6, 6.07) is 12.7. The first-order valence-corrected chi connectivity index (χ1v) is 11.1. The van der Waals surface area contributed by atoms with Gasteiger partial charge < -0.3 is 19.2 Å². The summed E-state index contributed by atoms with van der Waals surface area (Å²) < 4.78 is 11.1. The number of aliphatic hydroxyl groups is 1. The van der Waals surface area contributed by atoms with E-state index in [4.69, 9.17) is 32.4 Å². The number of halogens is 2. The number of carbonyl (C=O) groups excluding carboxylic acids is 2. The Morgan fingerprint density at radius 3 is 2.67 bits per heavy atom. The predicted molar refractivity (Wildman–Crippen MR) is 123 cm³/mol. The number of fused-ring (bicyclic) bond motifs is 1. The SMILES string of the molecule is CC1Cc2cc(C(O)=C3C(=O)C(=O)N(Cc4ccco4)C3c3ccc(Cl)c(Cl)c3)ccc2O1. The van der Waals surface area contributed by atoms with E-state index in [2.05, 4.69) is 0 Å². The predicted octanol–water partition coefficient (Wildman–Crippen LogP) is 5.53. The highest BCUT2D eigenvalue weighted by Gasteiger charge is 2.46. The summed E-state index contributed by atoms with van der Waals surface area (Å²) in [6.45, 7) is 2.01. The maximum atomic E-state index is 13.2. The Morgan fingerprint density at radius 2 is 1.94 bits per heavy atom. The first-order chi connectivity index (χ1) is 15.8. The van der Waals surface area contributed by atoms with Gasteiger partial charge in [-0.15, -0.1) is 0 Å². The molecule has 2 aromatic carbocycles. The lowest BCUT2D eigenvalue weighted by molar-refractivity contribution is -0.140. The standard InChI is InChI=1S/C25H19Cl2NO5/c1-13-9-16-10-15(5-7-20(16)33-13)23(29)21-22(14-4-6-18(26)19(27)11-14)28(25(31)24(21)30)12-17-3-2-8-32-17/h2-8,10-11,13,22,29H,9,12H2,1H3. The molecule has 3 heterocycles. The quantitative estimate of drug-likeness (QED) is 0.299. The van der Waals surface area contributed by atoms with Crippen LogP contribution in [0.15, 0.2) is 64.8 Å². The number of carbonyl (C=O) groups is 2. The van der Waals surface area contributed by atoms with Crippen molar-refractivity contribution in [1.82, 2.24) is 4.90 Å². The number of amides is 1. The molecule has 1 saturated heterocycles. The minimum absolute atomic E-state index is 0.0168. The molecular weight excluding hydrogens is 465 g/mol. The van der Waals surface area contributed by atoms with E-state index in [9.17, 15) is 14.7 Å². The van der Waals surface area contributed by atoms with Gasteiger partial charge >= 0.3 is 0 Å². The van der Waals surface area contributed by atoms with Gasteiger partial charge in [-0.1, -0.05) is 29.3 Å². The third-order valence-electron chi connectivity index (χ3n) is 5.88. The molecule has 168 valence electrons. The topological polar surface area (TPSA) is 80.0 Å². The summed E-state index contributed by atoms with van der Waals surface area (Å²) in [5, 5.41) is 11.9. The maximum Gasteiger partial charge on any atom is 0.296 e. The van der Waals surface area contributed by atoms with Gasteiger partial charge in [-0.25, -0.2) is 0 Å². The third kappa shape index (κ3) is 3.79. The van der Waals surface area contributed by atoms with Crippen molar-refractivity contribution in [3.8, 4) is 5.75 Å². The molecule has 2 unspecified atom stereocenters. The largest absolute Gasteiger partial charge is 0.507 e. The fourth-order valence-electron chi connectivity index (χ4n) is 4.37. The molecule has 1 fully saturated rings. The lowest BCUT2D eigenvalue weighted by atomic mass is 9.94. The molecule has 0 spiro atoms. The molecule has 6 nitrogen and oxygen atoms in total. The second-order valence-electron chi connectivity index (χ2n) is 8.14. The van der Waals surface area contributed by atoms with Crippen LogP contribution in [0.1, 0.15) is 35.4 Å². The summed E-state index contributed by atoms with van der Waals surface area (Å²) in [5.74, 6) is -0.514. The Labute approximate surface area is 200 Å². The Kier molecular flexibility index (Phi) is 5.43. The van der Waals surface area contributed by atoms with Gasteiger partial charge in [0.25, 0.3) is 11.7 Å². The van der Waals surface area contributed by atoms with E-state index in [1.54, 1.807) is 48.5 Å². The average Bonchev–Trinajstić information content (AvgIpc) is 3.49. The summed E-state index contributed by atoms with van der Waals surface area (Å²) in [5.41, 5.74) is 1.90. The van der Waals surface area contributed by atoms with Gasteiger partial charge in [-0.3, -0.25) is 9.59 Å². The van der Waals surface area contributed by atoms with Crippen molar-refractivity contribution >= 4 is 40.7 Å². The molecule has 0 aliphatic carbocycles. The number of ether oxygens (including phenoxy) is 1. The fraction of sp³-hybridized carbons (Fsp3) is 0.200. The van der Waals surface area contributed by atoms with Crippen LogP contribution in [0, 0.1) is 0 Å². The monoisotopic (exact) mass is 483 g/mol. The number of Topliss-reactive ketones (excluding diaryl/α,β-unsaturated/α-hetero) is 1. The van der Waals surface area contributed by atoms with Crippen LogP contribution < -0.4 is 4.74 Å². The first kappa shape index (κ1) is 21.6. The molecule has 0 radical (unpaired) electrons. The summed E-state index contributed by atoms with van der Waals surface area (Å²) >= 11 is 12.3. The zero-order chi connectivity index (χ0) is 23.3. The Bertz CT molecular complexity index is 1300. The summed E-state index contributed by atoms with van der Waals surface area (Å²) in [4.78, 5) is 27.6. The van der Waals surface area contributed by atoms with E-state index in [0.29, 0.717) is 28.3 Å². The van der Waals surface area contributed by atoms with Crippen LogP contribution in [-0.4, -0.2) is 27.8 Å². The number of likely N-dealkylation sites (tertiary alicyclic amines) is 1. The van der Waals surface area contributed by atoms with E-state index in [-0.39, 0.29) is 29.0 Å². The van der Waals surface area contributed by atoms with E-state index in [1.807, 2.05) is 6.92 Å². The van der Waals surface area contributed by atoms with Gasteiger partial charge in [-0.2, -0.15) is 0 Å². The molecule has 1 amide bonds. The Balaban J connectivity index is 1.65. The Hall–Kier alpha value is -3.22. The molecule has 1 aromatic heterocycles. The van der Waals surface area contributed by atoms with Crippen LogP contribution in [0.2, 0.25) is 10.0 Å². The van der Waals surface area contributed by atoms with Crippen molar-refractivity contribution in [2.45, 2.75) is 32.0 Å². The second-order valence-corrected chi connectivity index (χ2v) is 8.95. The zero-order valence-electron chi connectivity index (χ0n) is 17.5. The van der Waals surface area contributed by atoms with Crippen molar-refractivity contribution in [3.05, 3.63) is 92.9 Å². The third-order valence-corrected chi connectivity index (χ3v) is 6.61. The zero-order valence-corrected chi connectivity index (χ0v) is 19.1. The van der Waals surface area contributed by atoms with Crippen LogP contribution >= 0.6 is 23.2 Å². The normalized spacial score (nSPS) is 21.4. The number of furan rings is 1. The molecule has 2 aliphatic rings. The molecule has 8 heteroatoms. The van der Waals surface area contributed by atoms with Gasteiger partial charge in [0.2, 0.25) is 0 Å². The van der Waals surface area contributed by atoms with E-state index < -0.39 is 17.7 Å². The number of hydrogen-bond donors (Lipinski definition) is 1. The number of benzene rings is 2. The highest BCUT2D eigenvalue weighted by Crippen LogP contribution is 2.42. The average molecular weight is 484 g/mol. The van der Waals surface area contributed by atoms with Gasteiger partial charge in [0.1, 0.15) is 23.4 Å². The molecule has 2 aliphatic heterocycles. The maximum absolute atomic E-state index is 13.2. The van der Waals surface area contributed by atoms with Gasteiger partial charge in [0.05, 0.1) is 34.5 Å². The number of nitrogens with zero attached hydrogens (tertiary/aromatic N) is 1. The van der Waals surface area contributed by atoms with Gasteiger partial charge in [0.15, 0.2) is 0 Å². The number of hydrogen-bond acceptors (Lipinski definition) is 5. The lowest BCUT2D eigenvalue weighted by Crippen LogP contribution is -2.29. The van der Waals surface area contributed by atoms with Crippen molar-refractivity contribution in [2.75, 3.05) is 0 Å². The highest BCUT2D eigenvalue weighted by molar-refractivity contribution is 6.46. The molecule has 0 bridgehead atoms. The smallest absolute Gasteiger partial charge is 0.296 e. The van der Waals surface area contributed by atoms with Crippen LogP contribution in [-0.2, 0) is 22.6 Å². The number of rotatable bonds is 4. The Morgan fingerprint density at radius 1 is 1.12 bits per heavy atom. The van der Waals surface area contributed by atoms with Crippen molar-refractivity contribution in [2.24, 2.45) is 0 Å². The molecule has 3 aromatic rings. The molecular formula is C25H19Cl2NO5. The molecule has 5 rings (SSSR count). The van der Waals surface area contributed by atoms with Crippen molar-refractivity contribution in [1.29, 1.82) is 0 Å². The molecule has 2 atom stereocenters. The van der Waals surface area contributed by atoms with E-state index in [1.165, 1.54) is 11.2 Å². The first-order valence-electron chi connectivity index (χ1n) is 10.4. The highest BCUT2D eigenvalue weighted by atomic mass is 35.5. The van der Waals surface area contributed by atoms with Gasteiger partial charge in [-0.05, 0) is 60.5 Å². The molecule has 33 heavy (non-hydrogen) atoms. The van der Waals surface area contributed by atoms with Crippen molar-refractivity contribution < 1.29 is 23.8 Å². The lowest BCUT2D eigenvalue weighted by Gasteiger charge is -2.24. The summed E-state index contributed by atoms with van der Waals surface area (Å²) in [7, 11) is 0. The minimum atomic E-state index is -0.867. The van der Waals surface area contributed by atoms with E-state index in [0.717, 1.165) is 11.3 Å². The minimum Gasteiger partial charge on any atom is -0.507 e. The van der Waals surface area contributed by atoms with E-state index >= 15 is 0 Å². The molecule has 1 N–H and O–H groups in total. The number of aliphatic hydroxyl groups excluding tert-OH is 1. The fourth-order valence-corrected chi connectivity index (χ4v) is 4.67. The second kappa shape index (κ2) is 8.28. The summed E-state index contributed by atoms with van der Waals surface area (Å²) in [6.07, 6.45) is 2.22. The van der Waals surface area contributed by atoms with Crippen LogP contribution in [0.3, 0.4) is 0 Å². The van der Waals surface area contributed by atoms with Crippen LogP contribution in [0.5, 0.6) is 5.75 Å². The van der Waals surface area contributed by atoms with Crippen molar-refractivity contribution in [3.63, 3.8) is 0 Å². The molecule has 0 saturated carbocycles. The van der Waals surface area contributed by atoms with Gasteiger partial charge in [0, 0.05) is 12.0 Å². The number of ketones is 1.